The predicted molar refractivity (Wildman–Crippen MR) is 74.8 cm³/mol. The van der Waals surface area contributed by atoms with Crippen LogP contribution in [0.2, 0.25) is 0 Å². The minimum Gasteiger partial charge on any atom is -0.326 e. The van der Waals surface area contributed by atoms with Gasteiger partial charge in [-0.05, 0) is 17.9 Å². The summed E-state index contributed by atoms with van der Waals surface area (Å²) in [6.45, 7) is 6.29. The second kappa shape index (κ2) is 5.67. The van der Waals surface area contributed by atoms with Gasteiger partial charge in [0.25, 0.3) is 5.69 Å². The first-order valence-electron chi connectivity index (χ1n) is 6.73. The fourth-order valence-electron chi connectivity index (χ4n) is 2.84. The highest BCUT2D eigenvalue weighted by Gasteiger charge is 2.33. The maximum Gasteiger partial charge on any atom is 0.269 e. The van der Waals surface area contributed by atoms with E-state index < -0.39 is 0 Å². The molecule has 0 spiro atoms. The van der Waals surface area contributed by atoms with E-state index >= 15 is 0 Å². The Labute approximate surface area is 113 Å². The molecule has 1 aliphatic heterocycles. The molecule has 2 rings (SSSR count). The van der Waals surface area contributed by atoms with Crippen LogP contribution in [0.5, 0.6) is 0 Å². The zero-order valence-electron chi connectivity index (χ0n) is 11.5. The van der Waals surface area contributed by atoms with E-state index in [1.165, 1.54) is 6.07 Å². The molecule has 1 aliphatic rings. The molecule has 0 aliphatic carbocycles. The van der Waals surface area contributed by atoms with Gasteiger partial charge in [-0.2, -0.15) is 0 Å². The molecule has 19 heavy (non-hydrogen) atoms. The number of likely N-dealkylation sites (tertiary alicyclic amines) is 1. The van der Waals surface area contributed by atoms with Crippen LogP contribution in [0.25, 0.3) is 0 Å². The molecule has 1 aromatic carbocycles. The third-order valence-corrected chi connectivity index (χ3v) is 3.57. The van der Waals surface area contributed by atoms with Crippen molar-refractivity contribution < 1.29 is 4.92 Å². The molecule has 5 heteroatoms. The standard InChI is InChI=1S/C14H21N3O2/c1-10(2)9-16-7-6-13(15)14(16)11-4-3-5-12(8-11)17(18)19/h3-5,8,10,13-14H,6-7,9,15H2,1-2H3. The fourth-order valence-corrected chi connectivity index (χ4v) is 2.84. The Morgan fingerprint density at radius 1 is 1.53 bits per heavy atom. The number of nitro groups is 1. The molecule has 0 bridgehead atoms. The molecule has 1 fully saturated rings. The number of nitro benzene ring substituents is 1. The van der Waals surface area contributed by atoms with Gasteiger partial charge in [-0.15, -0.1) is 0 Å². The maximum absolute atomic E-state index is 10.9. The van der Waals surface area contributed by atoms with Crippen LogP contribution in [-0.4, -0.2) is 29.0 Å². The molecule has 104 valence electrons. The second-order valence-electron chi connectivity index (χ2n) is 5.64. The molecule has 0 radical (unpaired) electrons. The summed E-state index contributed by atoms with van der Waals surface area (Å²) in [5, 5.41) is 10.9. The van der Waals surface area contributed by atoms with Gasteiger partial charge in [0.1, 0.15) is 0 Å². The molecule has 1 heterocycles. The molecule has 2 N–H and O–H groups in total. The van der Waals surface area contributed by atoms with Crippen LogP contribution in [0.4, 0.5) is 5.69 Å². The summed E-state index contributed by atoms with van der Waals surface area (Å²) in [5.41, 5.74) is 7.29. The molecule has 2 unspecified atom stereocenters. The van der Waals surface area contributed by atoms with E-state index in [0.29, 0.717) is 5.92 Å². The van der Waals surface area contributed by atoms with Crippen molar-refractivity contribution in [2.45, 2.75) is 32.4 Å². The van der Waals surface area contributed by atoms with E-state index in [-0.39, 0.29) is 22.7 Å². The summed E-state index contributed by atoms with van der Waals surface area (Å²) in [5.74, 6) is 0.562. The number of benzene rings is 1. The zero-order chi connectivity index (χ0) is 14.0. The lowest BCUT2D eigenvalue weighted by Crippen LogP contribution is -2.33. The summed E-state index contributed by atoms with van der Waals surface area (Å²) in [6, 6.07) is 7.02. The Morgan fingerprint density at radius 2 is 2.26 bits per heavy atom. The molecule has 2 atom stereocenters. The first kappa shape index (κ1) is 14.0. The van der Waals surface area contributed by atoms with Crippen LogP contribution in [0.3, 0.4) is 0 Å². The molecular formula is C14H21N3O2. The summed E-state index contributed by atoms with van der Waals surface area (Å²) < 4.78 is 0. The van der Waals surface area contributed by atoms with E-state index in [4.69, 9.17) is 5.73 Å². The van der Waals surface area contributed by atoms with Gasteiger partial charge in [-0.1, -0.05) is 26.0 Å². The van der Waals surface area contributed by atoms with Crippen molar-refractivity contribution in [3.63, 3.8) is 0 Å². The maximum atomic E-state index is 10.9. The largest absolute Gasteiger partial charge is 0.326 e. The van der Waals surface area contributed by atoms with Crippen LogP contribution in [0, 0.1) is 16.0 Å². The number of nitrogens with two attached hydrogens (primary N) is 1. The molecule has 1 saturated heterocycles. The number of non-ortho nitro benzene ring substituents is 1. The number of hydrogen-bond acceptors (Lipinski definition) is 4. The minimum absolute atomic E-state index is 0.0563. The number of hydrogen-bond donors (Lipinski definition) is 1. The van der Waals surface area contributed by atoms with Crippen LogP contribution >= 0.6 is 0 Å². The first-order valence-corrected chi connectivity index (χ1v) is 6.73. The van der Waals surface area contributed by atoms with E-state index in [2.05, 4.69) is 18.7 Å². The minimum atomic E-state index is -0.350. The summed E-state index contributed by atoms with van der Waals surface area (Å²) in [7, 11) is 0. The van der Waals surface area contributed by atoms with Gasteiger partial charge >= 0.3 is 0 Å². The van der Waals surface area contributed by atoms with Gasteiger partial charge in [-0.25, -0.2) is 0 Å². The molecule has 1 aromatic rings. The summed E-state index contributed by atoms with van der Waals surface area (Å²) in [6.07, 6.45) is 0.945. The average Bonchev–Trinajstić information content (AvgIpc) is 2.69. The van der Waals surface area contributed by atoms with E-state index in [1.807, 2.05) is 6.07 Å². The van der Waals surface area contributed by atoms with Gasteiger partial charge in [0.2, 0.25) is 0 Å². The molecule has 5 nitrogen and oxygen atoms in total. The number of rotatable bonds is 4. The van der Waals surface area contributed by atoms with Gasteiger partial charge < -0.3 is 5.73 Å². The average molecular weight is 263 g/mol. The first-order chi connectivity index (χ1) is 8.99. The van der Waals surface area contributed by atoms with Crippen LogP contribution < -0.4 is 5.73 Å². The fraction of sp³-hybridized carbons (Fsp3) is 0.571. The van der Waals surface area contributed by atoms with Crippen molar-refractivity contribution in [3.05, 3.63) is 39.9 Å². The Balaban J connectivity index is 2.26. The van der Waals surface area contributed by atoms with Gasteiger partial charge in [0, 0.05) is 31.3 Å². The molecule has 0 saturated carbocycles. The Kier molecular flexibility index (Phi) is 4.17. The topological polar surface area (TPSA) is 72.4 Å². The normalized spacial score (nSPS) is 24.0. The molecule has 0 amide bonds. The third-order valence-electron chi connectivity index (χ3n) is 3.57. The van der Waals surface area contributed by atoms with E-state index in [1.54, 1.807) is 12.1 Å². The lowest BCUT2D eigenvalue weighted by Gasteiger charge is -2.28. The monoisotopic (exact) mass is 263 g/mol. The lowest BCUT2D eigenvalue weighted by molar-refractivity contribution is -0.384. The van der Waals surface area contributed by atoms with Crippen molar-refractivity contribution in [2.24, 2.45) is 11.7 Å². The summed E-state index contributed by atoms with van der Waals surface area (Å²) in [4.78, 5) is 12.9. The molecule has 0 aromatic heterocycles. The predicted octanol–water partition coefficient (Wildman–Crippen LogP) is 2.32. The van der Waals surface area contributed by atoms with E-state index in [9.17, 15) is 10.1 Å². The highest BCUT2D eigenvalue weighted by molar-refractivity contribution is 5.36. The zero-order valence-corrected chi connectivity index (χ0v) is 11.5. The Hall–Kier alpha value is -1.46. The summed E-state index contributed by atoms with van der Waals surface area (Å²) >= 11 is 0. The SMILES string of the molecule is CC(C)CN1CCC(N)C1c1cccc([N+](=O)[O-])c1. The Morgan fingerprint density at radius 3 is 2.89 bits per heavy atom. The van der Waals surface area contributed by atoms with Crippen molar-refractivity contribution >= 4 is 5.69 Å². The highest BCUT2D eigenvalue weighted by atomic mass is 16.6. The van der Waals surface area contributed by atoms with Crippen LogP contribution in [-0.2, 0) is 0 Å². The second-order valence-corrected chi connectivity index (χ2v) is 5.64. The molecular weight excluding hydrogens is 242 g/mol. The van der Waals surface area contributed by atoms with Crippen molar-refractivity contribution in [1.82, 2.24) is 4.90 Å². The highest BCUT2D eigenvalue weighted by Crippen LogP contribution is 2.33. The smallest absolute Gasteiger partial charge is 0.269 e. The lowest BCUT2D eigenvalue weighted by atomic mass is 9.99. The Bertz CT molecular complexity index is 462. The number of nitrogens with zero attached hydrogens (tertiary/aromatic N) is 2. The third kappa shape index (κ3) is 3.11. The van der Waals surface area contributed by atoms with Crippen LogP contribution in [0.1, 0.15) is 31.9 Å². The van der Waals surface area contributed by atoms with Gasteiger partial charge in [0.05, 0.1) is 11.0 Å². The van der Waals surface area contributed by atoms with Gasteiger partial charge in [0.15, 0.2) is 0 Å². The van der Waals surface area contributed by atoms with Gasteiger partial charge in [-0.3, -0.25) is 15.0 Å². The van der Waals surface area contributed by atoms with Crippen LogP contribution in [0.15, 0.2) is 24.3 Å². The van der Waals surface area contributed by atoms with Crippen molar-refractivity contribution in [2.75, 3.05) is 13.1 Å². The quantitative estimate of drug-likeness (QED) is 0.668. The van der Waals surface area contributed by atoms with E-state index in [0.717, 1.165) is 25.1 Å². The van der Waals surface area contributed by atoms with Crippen molar-refractivity contribution in [3.8, 4) is 0 Å². The van der Waals surface area contributed by atoms with Crippen molar-refractivity contribution in [1.29, 1.82) is 0 Å².